The van der Waals surface area contributed by atoms with E-state index in [9.17, 15) is 9.59 Å². The van der Waals surface area contributed by atoms with Gasteiger partial charge in [0.05, 0.1) is 0 Å². The Balaban J connectivity index is 1.82. The number of carbonyl (C=O) groups is 2. The molecular weight excluding hydrogens is 322 g/mol. The number of hydrogen-bond acceptors (Lipinski definition) is 4. The predicted molar refractivity (Wildman–Crippen MR) is 94.5 cm³/mol. The van der Waals surface area contributed by atoms with Gasteiger partial charge in [-0.05, 0) is 25.5 Å². The Morgan fingerprint density at radius 1 is 1.21 bits per heavy atom. The molecular formula is C18H17N3O2S. The maximum Gasteiger partial charge on any atom is 0.298 e. The van der Waals surface area contributed by atoms with Gasteiger partial charge in [-0.15, -0.1) is 11.3 Å². The molecule has 1 amide bonds. The van der Waals surface area contributed by atoms with Gasteiger partial charge in [0, 0.05) is 35.1 Å². The Morgan fingerprint density at radius 2 is 1.96 bits per heavy atom. The van der Waals surface area contributed by atoms with Crippen LogP contribution >= 0.6 is 11.3 Å². The molecule has 0 aliphatic heterocycles. The van der Waals surface area contributed by atoms with Gasteiger partial charge >= 0.3 is 0 Å². The third kappa shape index (κ3) is 3.28. The summed E-state index contributed by atoms with van der Waals surface area (Å²) in [6.45, 7) is 4.46. The van der Waals surface area contributed by atoms with Crippen molar-refractivity contribution in [3.8, 4) is 0 Å². The van der Waals surface area contributed by atoms with Crippen LogP contribution in [0.4, 0.5) is 5.13 Å². The first-order valence-corrected chi connectivity index (χ1v) is 8.40. The van der Waals surface area contributed by atoms with E-state index in [2.05, 4.69) is 10.3 Å². The molecule has 0 fully saturated rings. The van der Waals surface area contributed by atoms with Crippen LogP contribution in [-0.2, 0) is 11.3 Å². The fraction of sp³-hybridized carbons (Fsp3) is 0.167. The summed E-state index contributed by atoms with van der Waals surface area (Å²) < 4.78 is 2.04. The molecule has 0 saturated heterocycles. The summed E-state index contributed by atoms with van der Waals surface area (Å²) in [6, 6.07) is 11.8. The highest BCUT2D eigenvalue weighted by atomic mass is 32.1. The Hall–Kier alpha value is -2.73. The first-order valence-electron chi connectivity index (χ1n) is 7.52. The van der Waals surface area contributed by atoms with Crippen LogP contribution in [-0.4, -0.2) is 21.2 Å². The summed E-state index contributed by atoms with van der Waals surface area (Å²) in [4.78, 5) is 28.6. The monoisotopic (exact) mass is 339 g/mol. The average Bonchev–Trinajstić information content (AvgIpc) is 3.18. The van der Waals surface area contributed by atoms with E-state index in [4.69, 9.17) is 0 Å². The number of aromatic nitrogens is 2. The molecule has 0 unspecified atom stereocenters. The van der Waals surface area contributed by atoms with Crippen molar-refractivity contribution < 1.29 is 9.59 Å². The van der Waals surface area contributed by atoms with E-state index in [0.717, 1.165) is 17.0 Å². The summed E-state index contributed by atoms with van der Waals surface area (Å²) in [7, 11) is 0. The molecule has 1 aromatic carbocycles. The highest BCUT2D eigenvalue weighted by Crippen LogP contribution is 2.19. The second-order valence-corrected chi connectivity index (χ2v) is 6.37. The van der Waals surface area contributed by atoms with Gasteiger partial charge in [0.25, 0.3) is 11.7 Å². The molecule has 1 N–H and O–H groups in total. The molecule has 122 valence electrons. The topological polar surface area (TPSA) is 64.0 Å². The number of rotatable bonds is 5. The van der Waals surface area contributed by atoms with Gasteiger partial charge in [-0.1, -0.05) is 30.3 Å². The van der Waals surface area contributed by atoms with Crippen LogP contribution < -0.4 is 5.32 Å². The Labute approximate surface area is 144 Å². The standard InChI is InChI=1S/C18H17N3O2S/c1-12-10-15(16(22)17(23)20-18-19-8-9-24-18)13(2)21(12)11-14-6-4-3-5-7-14/h3-10H,11H2,1-2H3,(H,19,20,23). The lowest BCUT2D eigenvalue weighted by Gasteiger charge is -2.10. The molecule has 0 spiro atoms. The van der Waals surface area contributed by atoms with E-state index >= 15 is 0 Å². The number of aryl methyl sites for hydroxylation is 1. The van der Waals surface area contributed by atoms with Crippen molar-refractivity contribution in [2.45, 2.75) is 20.4 Å². The first-order chi connectivity index (χ1) is 11.6. The van der Waals surface area contributed by atoms with Gasteiger partial charge < -0.3 is 4.57 Å². The van der Waals surface area contributed by atoms with E-state index in [1.807, 2.05) is 48.7 Å². The molecule has 0 bridgehead atoms. The second-order valence-electron chi connectivity index (χ2n) is 5.48. The van der Waals surface area contributed by atoms with Gasteiger partial charge in [0.2, 0.25) is 0 Å². The fourth-order valence-electron chi connectivity index (χ4n) is 2.60. The minimum absolute atomic E-state index is 0.423. The number of carbonyl (C=O) groups excluding carboxylic acids is 2. The molecule has 3 aromatic rings. The average molecular weight is 339 g/mol. The molecule has 6 heteroatoms. The zero-order chi connectivity index (χ0) is 17.1. The van der Waals surface area contributed by atoms with E-state index < -0.39 is 11.7 Å². The van der Waals surface area contributed by atoms with Crippen LogP contribution in [0.3, 0.4) is 0 Å². The molecule has 0 saturated carbocycles. The van der Waals surface area contributed by atoms with Gasteiger partial charge in [-0.25, -0.2) is 4.98 Å². The third-order valence-electron chi connectivity index (χ3n) is 3.86. The van der Waals surface area contributed by atoms with Crippen molar-refractivity contribution in [1.29, 1.82) is 0 Å². The number of nitrogens with one attached hydrogen (secondary N) is 1. The molecule has 0 atom stereocenters. The summed E-state index contributed by atoms with van der Waals surface area (Å²) >= 11 is 1.28. The Bertz CT molecular complexity index is 867. The van der Waals surface area contributed by atoms with Crippen LogP contribution in [0.2, 0.25) is 0 Å². The molecule has 2 aromatic heterocycles. The number of nitrogens with zero attached hydrogens (tertiary/aromatic N) is 2. The number of Topliss-reactive ketones (excluding diaryl/α,β-unsaturated/α-hetero) is 1. The van der Waals surface area contributed by atoms with Crippen LogP contribution in [0.1, 0.15) is 27.3 Å². The fourth-order valence-corrected chi connectivity index (χ4v) is 3.13. The third-order valence-corrected chi connectivity index (χ3v) is 4.55. The smallest absolute Gasteiger partial charge is 0.298 e. The van der Waals surface area contributed by atoms with Crippen molar-refractivity contribution >= 4 is 28.2 Å². The van der Waals surface area contributed by atoms with Crippen molar-refractivity contribution in [2.75, 3.05) is 5.32 Å². The minimum atomic E-state index is -0.662. The van der Waals surface area contributed by atoms with Gasteiger partial charge in [0.15, 0.2) is 5.13 Å². The summed E-state index contributed by atoms with van der Waals surface area (Å²) in [5.41, 5.74) is 3.31. The molecule has 2 heterocycles. The quantitative estimate of drug-likeness (QED) is 0.572. The van der Waals surface area contributed by atoms with Crippen LogP contribution in [0, 0.1) is 13.8 Å². The lowest BCUT2D eigenvalue weighted by atomic mass is 10.1. The number of hydrogen-bond donors (Lipinski definition) is 1. The highest BCUT2D eigenvalue weighted by molar-refractivity contribution is 7.13. The molecule has 3 rings (SSSR count). The molecule has 24 heavy (non-hydrogen) atoms. The number of anilines is 1. The number of thiazole rings is 1. The molecule has 0 radical (unpaired) electrons. The van der Waals surface area contributed by atoms with Crippen molar-refractivity contribution in [3.63, 3.8) is 0 Å². The SMILES string of the molecule is Cc1cc(C(=O)C(=O)Nc2nccs2)c(C)n1Cc1ccccc1. The maximum atomic E-state index is 12.5. The van der Waals surface area contributed by atoms with Crippen LogP contribution in [0.15, 0.2) is 48.0 Å². The number of amides is 1. The highest BCUT2D eigenvalue weighted by Gasteiger charge is 2.22. The van der Waals surface area contributed by atoms with Crippen molar-refractivity contribution in [3.05, 3.63) is 70.5 Å². The Morgan fingerprint density at radius 3 is 2.62 bits per heavy atom. The summed E-state index contributed by atoms with van der Waals surface area (Å²) in [6.07, 6.45) is 1.58. The second kappa shape index (κ2) is 6.80. The summed E-state index contributed by atoms with van der Waals surface area (Å²) in [5, 5.41) is 4.70. The van der Waals surface area contributed by atoms with E-state index in [0.29, 0.717) is 17.2 Å². The first kappa shape index (κ1) is 16.1. The normalized spacial score (nSPS) is 10.6. The zero-order valence-electron chi connectivity index (χ0n) is 13.4. The van der Waals surface area contributed by atoms with Crippen molar-refractivity contribution in [2.24, 2.45) is 0 Å². The molecule has 5 nitrogen and oxygen atoms in total. The van der Waals surface area contributed by atoms with Gasteiger partial charge in [-0.3, -0.25) is 14.9 Å². The van der Waals surface area contributed by atoms with E-state index in [1.54, 1.807) is 17.6 Å². The Kier molecular flexibility index (Phi) is 4.57. The summed E-state index contributed by atoms with van der Waals surface area (Å²) in [5.74, 6) is -1.21. The van der Waals surface area contributed by atoms with Crippen LogP contribution in [0.25, 0.3) is 0 Å². The number of benzene rings is 1. The van der Waals surface area contributed by atoms with Gasteiger partial charge in [-0.2, -0.15) is 0 Å². The van der Waals surface area contributed by atoms with E-state index in [1.165, 1.54) is 11.3 Å². The number of ketones is 1. The molecule has 0 aliphatic rings. The maximum absolute atomic E-state index is 12.5. The van der Waals surface area contributed by atoms with Crippen molar-refractivity contribution in [1.82, 2.24) is 9.55 Å². The van der Waals surface area contributed by atoms with Crippen LogP contribution in [0.5, 0.6) is 0 Å². The lowest BCUT2D eigenvalue weighted by molar-refractivity contribution is -0.112. The zero-order valence-corrected chi connectivity index (χ0v) is 14.3. The van der Waals surface area contributed by atoms with Gasteiger partial charge in [0.1, 0.15) is 0 Å². The van der Waals surface area contributed by atoms with E-state index in [-0.39, 0.29) is 0 Å². The largest absolute Gasteiger partial charge is 0.344 e. The minimum Gasteiger partial charge on any atom is -0.344 e. The lowest BCUT2D eigenvalue weighted by Crippen LogP contribution is -2.23. The predicted octanol–water partition coefficient (Wildman–Crippen LogP) is 3.43. The molecule has 0 aliphatic carbocycles.